The maximum absolute atomic E-state index is 14.2. The van der Waals surface area contributed by atoms with Crippen molar-refractivity contribution in [3.05, 3.63) is 54.2 Å². The van der Waals surface area contributed by atoms with Crippen LogP contribution in [0.5, 0.6) is 0 Å². The number of hydrogen-bond donors (Lipinski definition) is 1. The molecule has 1 amide bonds. The summed E-state index contributed by atoms with van der Waals surface area (Å²) in [6.45, 7) is 4.25. The van der Waals surface area contributed by atoms with Crippen molar-refractivity contribution in [1.29, 1.82) is 0 Å². The van der Waals surface area contributed by atoms with Crippen LogP contribution in [0.3, 0.4) is 0 Å². The zero-order valence-electron chi connectivity index (χ0n) is 26.1. The van der Waals surface area contributed by atoms with Crippen LogP contribution in [0.25, 0.3) is 6.08 Å². The summed E-state index contributed by atoms with van der Waals surface area (Å²) >= 11 is 0. The van der Waals surface area contributed by atoms with Gasteiger partial charge in [0, 0.05) is 69.8 Å². The van der Waals surface area contributed by atoms with Gasteiger partial charge in [-0.1, -0.05) is 0 Å². The molecule has 9 nitrogen and oxygen atoms in total. The van der Waals surface area contributed by atoms with Crippen molar-refractivity contribution in [1.82, 2.24) is 9.88 Å². The minimum Gasteiger partial charge on any atom is -0.478 e. The molecule has 4 fully saturated rings. The average Bonchev–Trinajstić information content (AvgIpc) is 3.00. The molecule has 6 rings (SSSR count). The molecule has 1 aromatic carbocycles. The quantitative estimate of drug-likeness (QED) is 0.363. The Kier molecular flexibility index (Phi) is 10.0. The number of carboxylic acid groups (broad SMARTS) is 1. The summed E-state index contributed by atoms with van der Waals surface area (Å²) in [4.78, 5) is 38.6. The van der Waals surface area contributed by atoms with E-state index < -0.39 is 5.97 Å². The van der Waals surface area contributed by atoms with Crippen molar-refractivity contribution < 1.29 is 19.4 Å². The number of rotatable bonds is 12. The lowest BCUT2D eigenvalue weighted by Gasteiger charge is -2.55. The molecule has 3 heterocycles. The van der Waals surface area contributed by atoms with Crippen molar-refractivity contribution in [2.24, 2.45) is 23.7 Å². The maximum Gasteiger partial charge on any atom is 0.328 e. The second kappa shape index (κ2) is 13.9. The number of benzene rings is 1. The Morgan fingerprint density at radius 1 is 1.02 bits per heavy atom. The van der Waals surface area contributed by atoms with Crippen LogP contribution in [0.15, 0.2) is 48.7 Å². The van der Waals surface area contributed by atoms with Gasteiger partial charge in [-0.2, -0.15) is 0 Å². The highest BCUT2D eigenvalue weighted by Crippen LogP contribution is 2.47. The van der Waals surface area contributed by atoms with Gasteiger partial charge >= 0.3 is 5.97 Å². The molecule has 2 aliphatic heterocycles. The molecule has 2 unspecified atom stereocenters. The van der Waals surface area contributed by atoms with E-state index in [1.165, 1.54) is 17.8 Å². The van der Waals surface area contributed by atoms with E-state index in [4.69, 9.17) is 9.84 Å². The number of nitrogens with zero attached hydrogens (tertiary/aromatic N) is 5. The van der Waals surface area contributed by atoms with Crippen LogP contribution in [0.2, 0.25) is 0 Å². The first-order chi connectivity index (χ1) is 20.7. The summed E-state index contributed by atoms with van der Waals surface area (Å²) in [5, 5.41) is 9.12. The molecule has 9 heteroatoms. The minimum absolute atomic E-state index is 0.0552. The molecule has 2 aliphatic carbocycles. The third-order valence-electron chi connectivity index (χ3n) is 9.50. The number of aromatic nitrogens is 1. The van der Waals surface area contributed by atoms with E-state index in [1.807, 2.05) is 25.1 Å². The molecule has 0 radical (unpaired) electrons. The van der Waals surface area contributed by atoms with E-state index in [0.29, 0.717) is 36.7 Å². The molecule has 2 bridgehead atoms. The molecule has 4 aliphatic rings. The number of amides is 1. The van der Waals surface area contributed by atoms with Crippen LogP contribution >= 0.6 is 0 Å². The van der Waals surface area contributed by atoms with Gasteiger partial charge in [-0.05, 0) is 112 Å². The lowest BCUT2D eigenvalue weighted by molar-refractivity contribution is -0.131. The molecule has 0 spiro atoms. The fourth-order valence-electron chi connectivity index (χ4n) is 6.92. The summed E-state index contributed by atoms with van der Waals surface area (Å²) in [6, 6.07) is 12.4. The van der Waals surface area contributed by atoms with Crippen molar-refractivity contribution >= 4 is 35.1 Å². The number of carbonyl (C=O) groups is 2. The maximum atomic E-state index is 14.2. The number of pyridine rings is 1. The van der Waals surface area contributed by atoms with Crippen molar-refractivity contribution in [2.45, 2.75) is 38.2 Å². The molecule has 1 aromatic heterocycles. The number of carboxylic acids is 1. The smallest absolute Gasteiger partial charge is 0.328 e. The fraction of sp³-hybridized carbons (Fsp3) is 0.559. The van der Waals surface area contributed by atoms with Crippen LogP contribution in [-0.4, -0.2) is 93.9 Å². The van der Waals surface area contributed by atoms with E-state index in [9.17, 15) is 9.59 Å². The van der Waals surface area contributed by atoms with Crippen LogP contribution in [0, 0.1) is 23.7 Å². The summed E-state index contributed by atoms with van der Waals surface area (Å²) in [5.41, 5.74) is 3.18. The molecule has 2 aromatic rings. The second-order valence-electron chi connectivity index (χ2n) is 13.0. The Bertz CT molecular complexity index is 1260. The Morgan fingerprint density at radius 2 is 1.72 bits per heavy atom. The number of anilines is 3. The third-order valence-corrected chi connectivity index (χ3v) is 9.50. The Labute approximate surface area is 256 Å². The standard InChI is InChI=1S/C34H47N5O4/c1-36(2)17-18-43-30-12-6-25(7-13-30)34(42)39(32-19-24(15-16-35-32)5-14-33(40)41)23-31-26-20-27(31)22-38(21-26)29-10-8-28(9-11-29)37(3)4/h5,8-11,14-16,19,25-27,30-31H,6-7,12-13,17-18,20-23H2,1-4H3,(H,40,41). The molecule has 1 N–H and O–H groups in total. The van der Waals surface area contributed by atoms with Crippen molar-refractivity contribution in [2.75, 3.05) is 75.7 Å². The van der Waals surface area contributed by atoms with Gasteiger partial charge in [-0.25, -0.2) is 9.78 Å². The SMILES string of the molecule is CN(C)CCOC1CCC(C(=O)N(CC2C3CC2CN(c2ccc(N(C)C)cc2)C3)c2cc(C=CC(=O)O)ccn2)CC1. The molecule has 232 valence electrons. The summed E-state index contributed by atoms with van der Waals surface area (Å²) in [7, 11) is 8.21. The number of ether oxygens (including phenoxy) is 1. The molecular formula is C34H47N5O4. The third kappa shape index (κ3) is 7.75. The number of likely N-dealkylation sites (N-methyl/N-ethyl adjacent to an activating group) is 1. The predicted octanol–water partition coefficient (Wildman–Crippen LogP) is 4.49. The van der Waals surface area contributed by atoms with Crippen LogP contribution < -0.4 is 14.7 Å². The molecular weight excluding hydrogens is 542 g/mol. The number of fused-ring (bicyclic) bond motifs is 2. The highest BCUT2D eigenvalue weighted by molar-refractivity contribution is 5.94. The first-order valence-electron chi connectivity index (χ1n) is 15.6. The van der Waals surface area contributed by atoms with Gasteiger partial charge in [0.2, 0.25) is 5.91 Å². The summed E-state index contributed by atoms with van der Waals surface area (Å²) < 4.78 is 6.09. The summed E-state index contributed by atoms with van der Waals surface area (Å²) in [6.07, 6.45) is 9.18. The van der Waals surface area contributed by atoms with Crippen LogP contribution in [-0.2, 0) is 14.3 Å². The number of piperidine rings is 2. The second-order valence-corrected chi connectivity index (χ2v) is 13.0. The molecule has 2 saturated heterocycles. The van der Waals surface area contributed by atoms with Gasteiger partial charge in [0.15, 0.2) is 0 Å². The van der Waals surface area contributed by atoms with E-state index in [2.05, 4.69) is 58.0 Å². The van der Waals surface area contributed by atoms with Crippen molar-refractivity contribution in [3.8, 4) is 0 Å². The van der Waals surface area contributed by atoms with Gasteiger partial charge < -0.3 is 24.5 Å². The normalized spacial score (nSPS) is 25.0. The fourth-order valence-corrected chi connectivity index (χ4v) is 6.92. The monoisotopic (exact) mass is 589 g/mol. The first-order valence-corrected chi connectivity index (χ1v) is 15.6. The topological polar surface area (TPSA) is 89.5 Å². The van der Waals surface area contributed by atoms with Gasteiger partial charge in [-0.3, -0.25) is 9.69 Å². The average molecular weight is 590 g/mol. The van der Waals surface area contributed by atoms with E-state index >= 15 is 0 Å². The van der Waals surface area contributed by atoms with E-state index in [1.54, 1.807) is 18.3 Å². The predicted molar refractivity (Wildman–Crippen MR) is 172 cm³/mol. The molecule has 43 heavy (non-hydrogen) atoms. The summed E-state index contributed by atoms with van der Waals surface area (Å²) in [5.74, 6) is 1.17. The van der Waals surface area contributed by atoms with Gasteiger partial charge in [-0.15, -0.1) is 0 Å². The minimum atomic E-state index is -1.00. The lowest BCUT2D eigenvalue weighted by Crippen LogP contribution is -2.59. The largest absolute Gasteiger partial charge is 0.478 e. The van der Waals surface area contributed by atoms with Gasteiger partial charge in [0.05, 0.1) is 12.7 Å². The zero-order chi connectivity index (χ0) is 30.5. The van der Waals surface area contributed by atoms with Gasteiger partial charge in [0.25, 0.3) is 0 Å². The number of hydrogen-bond acceptors (Lipinski definition) is 7. The highest BCUT2D eigenvalue weighted by Gasteiger charge is 2.48. The van der Waals surface area contributed by atoms with Crippen LogP contribution in [0.4, 0.5) is 17.2 Å². The van der Waals surface area contributed by atoms with Crippen molar-refractivity contribution in [3.63, 3.8) is 0 Å². The zero-order valence-corrected chi connectivity index (χ0v) is 26.1. The van der Waals surface area contributed by atoms with E-state index in [-0.39, 0.29) is 17.9 Å². The Hall–Kier alpha value is -3.43. The van der Waals surface area contributed by atoms with Gasteiger partial charge in [0.1, 0.15) is 5.82 Å². The molecule has 2 atom stereocenters. The van der Waals surface area contributed by atoms with Crippen LogP contribution in [0.1, 0.15) is 37.7 Å². The number of aliphatic carboxylic acids is 1. The molecule has 2 saturated carbocycles. The number of carbonyl (C=O) groups excluding carboxylic acids is 1. The lowest BCUT2D eigenvalue weighted by atomic mass is 9.61. The first kappa shape index (κ1) is 31.0. The Morgan fingerprint density at radius 3 is 2.35 bits per heavy atom. The highest BCUT2D eigenvalue weighted by atomic mass is 16.5. The van der Waals surface area contributed by atoms with E-state index in [0.717, 1.165) is 57.0 Å². The Balaban J connectivity index is 1.28.